The Morgan fingerprint density at radius 1 is 1.21 bits per heavy atom. The first-order chi connectivity index (χ1) is 9.19. The van der Waals surface area contributed by atoms with Crippen LogP contribution in [-0.4, -0.2) is 16.6 Å². The number of hydrogen-bond donors (Lipinski definition) is 1. The molecule has 3 rings (SSSR count). The van der Waals surface area contributed by atoms with E-state index in [0.29, 0.717) is 17.9 Å². The van der Waals surface area contributed by atoms with E-state index in [1.807, 2.05) is 4.90 Å². The van der Waals surface area contributed by atoms with Crippen molar-refractivity contribution in [2.24, 2.45) is 0 Å². The van der Waals surface area contributed by atoms with Gasteiger partial charge in [0.1, 0.15) is 17.5 Å². The van der Waals surface area contributed by atoms with Gasteiger partial charge in [0.15, 0.2) is 0 Å². The largest absolute Gasteiger partial charge is 0.392 e. The van der Waals surface area contributed by atoms with Gasteiger partial charge >= 0.3 is 0 Å². The van der Waals surface area contributed by atoms with Gasteiger partial charge in [-0.25, -0.2) is 13.8 Å². The fraction of sp³-hybridized carbons (Fsp3) is 0.214. The zero-order chi connectivity index (χ0) is 13.4. The summed E-state index contributed by atoms with van der Waals surface area (Å²) in [5.41, 5.74) is 2.15. The fourth-order valence-electron chi connectivity index (χ4n) is 2.41. The average Bonchev–Trinajstić information content (AvgIpc) is 2.81. The average molecular weight is 262 g/mol. The lowest BCUT2D eigenvalue weighted by atomic mass is 10.1. The van der Waals surface area contributed by atoms with Crippen LogP contribution in [0.2, 0.25) is 0 Å². The highest BCUT2D eigenvalue weighted by Gasteiger charge is 2.24. The number of aromatic nitrogens is 1. The van der Waals surface area contributed by atoms with Gasteiger partial charge in [0, 0.05) is 17.8 Å². The Labute approximate surface area is 109 Å². The number of benzene rings is 1. The standard InChI is InChI=1S/C14H12F2N2O/c15-11-2-1-9-3-4-18(13(9)6-11)14-10(8-19)5-12(16)7-17-14/h1-2,5-7,19H,3-4,8H2. The molecule has 1 aromatic heterocycles. The molecule has 2 aromatic rings. The molecule has 0 aliphatic carbocycles. The number of halogens is 2. The molecule has 19 heavy (non-hydrogen) atoms. The van der Waals surface area contributed by atoms with Crippen LogP contribution in [0, 0.1) is 11.6 Å². The van der Waals surface area contributed by atoms with Gasteiger partial charge in [-0.15, -0.1) is 0 Å². The molecule has 2 heterocycles. The predicted molar refractivity (Wildman–Crippen MR) is 67.2 cm³/mol. The number of hydrogen-bond acceptors (Lipinski definition) is 3. The molecular formula is C14H12F2N2O. The highest BCUT2D eigenvalue weighted by molar-refractivity contribution is 5.69. The molecule has 0 atom stereocenters. The summed E-state index contributed by atoms with van der Waals surface area (Å²) in [5, 5.41) is 9.30. The van der Waals surface area contributed by atoms with E-state index in [1.54, 1.807) is 6.07 Å². The minimum Gasteiger partial charge on any atom is -0.392 e. The minimum atomic E-state index is -0.494. The zero-order valence-electron chi connectivity index (χ0n) is 10.1. The maximum atomic E-state index is 13.3. The summed E-state index contributed by atoms with van der Waals surface area (Å²) in [7, 11) is 0. The third kappa shape index (κ3) is 2.06. The molecule has 0 spiro atoms. The molecule has 0 fully saturated rings. The molecule has 1 aliphatic rings. The third-order valence-corrected chi connectivity index (χ3v) is 3.28. The number of rotatable bonds is 2. The molecule has 1 N–H and O–H groups in total. The van der Waals surface area contributed by atoms with Gasteiger partial charge < -0.3 is 10.0 Å². The van der Waals surface area contributed by atoms with E-state index in [0.717, 1.165) is 23.9 Å². The van der Waals surface area contributed by atoms with E-state index in [1.165, 1.54) is 18.2 Å². The zero-order valence-corrected chi connectivity index (χ0v) is 10.1. The van der Waals surface area contributed by atoms with Crippen molar-refractivity contribution in [3.63, 3.8) is 0 Å². The predicted octanol–water partition coefficient (Wildman–Crippen LogP) is 2.55. The molecule has 0 saturated heterocycles. The molecule has 0 radical (unpaired) electrons. The summed E-state index contributed by atoms with van der Waals surface area (Å²) in [6, 6.07) is 5.86. The summed E-state index contributed by atoms with van der Waals surface area (Å²) in [6.07, 6.45) is 1.88. The number of nitrogens with zero attached hydrogens (tertiary/aromatic N) is 2. The molecule has 0 bridgehead atoms. The third-order valence-electron chi connectivity index (χ3n) is 3.28. The molecule has 5 heteroatoms. The van der Waals surface area contributed by atoms with Crippen molar-refractivity contribution in [3.8, 4) is 0 Å². The van der Waals surface area contributed by atoms with Crippen LogP contribution < -0.4 is 4.90 Å². The van der Waals surface area contributed by atoms with Crippen molar-refractivity contribution in [1.82, 2.24) is 4.98 Å². The molecular weight excluding hydrogens is 250 g/mol. The maximum absolute atomic E-state index is 13.3. The van der Waals surface area contributed by atoms with Gasteiger partial charge in [0.25, 0.3) is 0 Å². The van der Waals surface area contributed by atoms with Gasteiger partial charge in [0.2, 0.25) is 0 Å². The summed E-state index contributed by atoms with van der Waals surface area (Å²) < 4.78 is 26.5. The van der Waals surface area contributed by atoms with Gasteiger partial charge in [-0.1, -0.05) is 6.07 Å². The normalized spacial score (nSPS) is 13.7. The smallest absolute Gasteiger partial charge is 0.142 e. The van der Waals surface area contributed by atoms with Gasteiger partial charge in [-0.2, -0.15) is 0 Å². The van der Waals surface area contributed by atoms with Crippen molar-refractivity contribution in [2.45, 2.75) is 13.0 Å². The Bertz CT molecular complexity index is 631. The summed E-state index contributed by atoms with van der Waals surface area (Å²) in [4.78, 5) is 5.84. The number of pyridine rings is 1. The van der Waals surface area contributed by atoms with Gasteiger partial charge in [0.05, 0.1) is 12.8 Å². The van der Waals surface area contributed by atoms with Crippen LogP contribution >= 0.6 is 0 Å². The van der Waals surface area contributed by atoms with E-state index in [9.17, 15) is 13.9 Å². The Balaban J connectivity index is 2.08. The number of fused-ring (bicyclic) bond motifs is 1. The molecule has 0 unspecified atom stereocenters. The summed E-state index contributed by atoms with van der Waals surface area (Å²) in [6.45, 7) is 0.339. The number of anilines is 2. The number of aliphatic hydroxyl groups is 1. The summed E-state index contributed by atoms with van der Waals surface area (Å²) >= 11 is 0. The van der Waals surface area contributed by atoms with Crippen LogP contribution in [0.5, 0.6) is 0 Å². The second-order valence-electron chi connectivity index (χ2n) is 4.47. The lowest BCUT2D eigenvalue weighted by molar-refractivity contribution is 0.281. The molecule has 1 aromatic carbocycles. The molecule has 3 nitrogen and oxygen atoms in total. The lowest BCUT2D eigenvalue weighted by Crippen LogP contribution is -2.17. The minimum absolute atomic E-state index is 0.304. The quantitative estimate of drug-likeness (QED) is 0.903. The number of aliphatic hydroxyl groups excluding tert-OH is 1. The van der Waals surface area contributed by atoms with Crippen molar-refractivity contribution in [2.75, 3.05) is 11.4 Å². The second kappa shape index (κ2) is 4.59. The van der Waals surface area contributed by atoms with Crippen molar-refractivity contribution in [1.29, 1.82) is 0 Å². The monoisotopic (exact) mass is 262 g/mol. The Hall–Kier alpha value is -2.01. The van der Waals surface area contributed by atoms with Gasteiger partial charge in [-0.05, 0) is 30.2 Å². The Morgan fingerprint density at radius 2 is 2.05 bits per heavy atom. The summed E-state index contributed by atoms with van der Waals surface area (Å²) in [5.74, 6) is -0.335. The van der Waals surface area contributed by atoms with E-state index in [-0.39, 0.29) is 12.4 Å². The molecule has 1 aliphatic heterocycles. The van der Waals surface area contributed by atoms with E-state index in [2.05, 4.69) is 4.98 Å². The van der Waals surface area contributed by atoms with Crippen molar-refractivity contribution < 1.29 is 13.9 Å². The second-order valence-corrected chi connectivity index (χ2v) is 4.47. The molecule has 0 saturated carbocycles. The van der Waals surface area contributed by atoms with Crippen LogP contribution in [0.15, 0.2) is 30.5 Å². The highest BCUT2D eigenvalue weighted by Crippen LogP contribution is 2.35. The van der Waals surface area contributed by atoms with Crippen LogP contribution in [0.3, 0.4) is 0 Å². The van der Waals surface area contributed by atoms with Crippen LogP contribution in [0.1, 0.15) is 11.1 Å². The Morgan fingerprint density at radius 3 is 2.84 bits per heavy atom. The first kappa shape index (κ1) is 12.0. The topological polar surface area (TPSA) is 36.4 Å². The molecule has 98 valence electrons. The maximum Gasteiger partial charge on any atom is 0.142 e. The van der Waals surface area contributed by atoms with Crippen LogP contribution in [-0.2, 0) is 13.0 Å². The van der Waals surface area contributed by atoms with Crippen LogP contribution in [0.25, 0.3) is 0 Å². The first-order valence-corrected chi connectivity index (χ1v) is 6.00. The first-order valence-electron chi connectivity index (χ1n) is 6.00. The van der Waals surface area contributed by atoms with Gasteiger partial charge in [-0.3, -0.25) is 0 Å². The van der Waals surface area contributed by atoms with E-state index < -0.39 is 5.82 Å². The lowest BCUT2D eigenvalue weighted by Gasteiger charge is -2.20. The highest BCUT2D eigenvalue weighted by atomic mass is 19.1. The van der Waals surface area contributed by atoms with Crippen molar-refractivity contribution in [3.05, 3.63) is 53.2 Å². The SMILES string of the molecule is OCc1cc(F)cnc1N1CCc2ccc(F)cc21. The fourth-order valence-corrected chi connectivity index (χ4v) is 2.41. The van der Waals surface area contributed by atoms with E-state index >= 15 is 0 Å². The van der Waals surface area contributed by atoms with Crippen LogP contribution in [0.4, 0.5) is 20.3 Å². The van der Waals surface area contributed by atoms with E-state index in [4.69, 9.17) is 0 Å². The Kier molecular flexibility index (Phi) is 2.91. The van der Waals surface area contributed by atoms with Crippen molar-refractivity contribution >= 4 is 11.5 Å². The molecule has 0 amide bonds.